The summed E-state index contributed by atoms with van der Waals surface area (Å²) in [5.74, 6) is 0.355. The van der Waals surface area contributed by atoms with Crippen molar-refractivity contribution in [2.75, 3.05) is 6.61 Å². The summed E-state index contributed by atoms with van der Waals surface area (Å²) in [5.41, 5.74) is 3.38. The molecule has 0 aliphatic carbocycles. The zero-order chi connectivity index (χ0) is 22.7. The number of nitriles is 1. The van der Waals surface area contributed by atoms with Gasteiger partial charge in [0.2, 0.25) is 5.95 Å². The largest absolute Gasteiger partial charge is 0.493 e. The Morgan fingerprint density at radius 2 is 2.06 bits per heavy atom. The van der Waals surface area contributed by atoms with Crippen LogP contribution in [0.3, 0.4) is 0 Å². The van der Waals surface area contributed by atoms with Gasteiger partial charge in [0.15, 0.2) is 5.65 Å². The molecule has 0 saturated heterocycles. The number of aryl methyl sites for hydroxylation is 1. The summed E-state index contributed by atoms with van der Waals surface area (Å²) in [7, 11) is 1.67. The summed E-state index contributed by atoms with van der Waals surface area (Å²) in [5, 5.41) is 9.26. The van der Waals surface area contributed by atoms with Crippen LogP contribution in [-0.2, 0) is 7.05 Å². The lowest BCUT2D eigenvalue weighted by atomic mass is 10.0. The standard InChI is InChI=1S/C23H16FN7O2/c1-29-19-11-26-22(30-12-27-16-5-2-13(10-25)8-18(16)30)28-21(19)31(23(29)32)17-6-7-33-20-9-14(24)3-4-15(17)20/h2-5,8-9,11-12,17H,6-7H2,1H3. The molecule has 0 saturated carbocycles. The van der Waals surface area contributed by atoms with Crippen LogP contribution in [0.2, 0.25) is 0 Å². The Morgan fingerprint density at radius 1 is 1.18 bits per heavy atom. The highest BCUT2D eigenvalue weighted by Gasteiger charge is 2.28. The number of hydrogen-bond acceptors (Lipinski definition) is 6. The summed E-state index contributed by atoms with van der Waals surface area (Å²) < 4.78 is 24.2. The fourth-order valence-electron chi connectivity index (χ4n) is 4.37. The Hall–Kier alpha value is -4.52. The maximum atomic E-state index is 13.8. The van der Waals surface area contributed by atoms with E-state index in [0.717, 1.165) is 5.56 Å². The Bertz CT molecular complexity index is 1670. The van der Waals surface area contributed by atoms with Crippen molar-refractivity contribution in [2.24, 2.45) is 7.05 Å². The molecule has 0 radical (unpaired) electrons. The molecule has 1 unspecified atom stereocenters. The van der Waals surface area contributed by atoms with Gasteiger partial charge in [0, 0.05) is 25.1 Å². The first-order valence-corrected chi connectivity index (χ1v) is 10.3. The van der Waals surface area contributed by atoms with Gasteiger partial charge in [-0.3, -0.25) is 13.7 Å². The van der Waals surface area contributed by atoms with Crippen molar-refractivity contribution >= 4 is 22.2 Å². The number of benzene rings is 2. The fourth-order valence-corrected chi connectivity index (χ4v) is 4.37. The Labute approximate surface area is 185 Å². The second-order valence-corrected chi connectivity index (χ2v) is 7.86. The van der Waals surface area contributed by atoms with Crippen LogP contribution in [0.4, 0.5) is 4.39 Å². The van der Waals surface area contributed by atoms with Crippen molar-refractivity contribution in [1.82, 2.24) is 28.7 Å². The van der Waals surface area contributed by atoms with Gasteiger partial charge in [0.1, 0.15) is 23.4 Å². The van der Waals surface area contributed by atoms with Crippen molar-refractivity contribution in [3.05, 3.63) is 76.4 Å². The molecule has 0 spiro atoms. The lowest BCUT2D eigenvalue weighted by Crippen LogP contribution is -2.30. The topological polar surface area (TPSA) is 104 Å². The van der Waals surface area contributed by atoms with Crippen LogP contribution in [-0.4, -0.2) is 35.3 Å². The molecule has 0 fully saturated rings. The van der Waals surface area contributed by atoms with Gasteiger partial charge in [0.25, 0.3) is 0 Å². The molecule has 162 valence electrons. The Kier molecular flexibility index (Phi) is 4.07. The van der Waals surface area contributed by atoms with E-state index in [0.29, 0.717) is 52.5 Å². The summed E-state index contributed by atoms with van der Waals surface area (Å²) in [6, 6.07) is 11.3. The molecule has 4 heterocycles. The van der Waals surface area contributed by atoms with Crippen molar-refractivity contribution < 1.29 is 9.13 Å². The first-order valence-electron chi connectivity index (χ1n) is 10.3. The quantitative estimate of drug-likeness (QED) is 0.417. The number of rotatable bonds is 2. The smallest absolute Gasteiger partial charge is 0.330 e. The second kappa shape index (κ2) is 7.00. The second-order valence-electron chi connectivity index (χ2n) is 7.86. The molecule has 0 bridgehead atoms. The summed E-state index contributed by atoms with van der Waals surface area (Å²) in [6.07, 6.45) is 3.72. The number of hydrogen-bond donors (Lipinski definition) is 0. The molecule has 0 N–H and O–H groups in total. The number of nitrogens with zero attached hydrogens (tertiary/aromatic N) is 7. The molecule has 1 aliphatic heterocycles. The normalized spacial score (nSPS) is 15.4. The summed E-state index contributed by atoms with van der Waals surface area (Å²) >= 11 is 0. The molecule has 2 aromatic carbocycles. The van der Waals surface area contributed by atoms with Crippen molar-refractivity contribution in [3.8, 4) is 17.8 Å². The van der Waals surface area contributed by atoms with Gasteiger partial charge in [-0.1, -0.05) is 6.07 Å². The fraction of sp³-hybridized carbons (Fsp3) is 0.174. The predicted molar refractivity (Wildman–Crippen MR) is 117 cm³/mol. The molecule has 6 rings (SSSR count). The van der Waals surface area contributed by atoms with E-state index < -0.39 is 5.82 Å². The first kappa shape index (κ1) is 19.2. The van der Waals surface area contributed by atoms with Crippen molar-refractivity contribution in [2.45, 2.75) is 12.5 Å². The van der Waals surface area contributed by atoms with Crippen LogP contribution in [0.1, 0.15) is 23.6 Å². The Balaban J connectivity index is 1.58. The number of fused-ring (bicyclic) bond motifs is 3. The monoisotopic (exact) mass is 441 g/mol. The van der Waals surface area contributed by atoms with E-state index in [2.05, 4.69) is 16.0 Å². The van der Waals surface area contributed by atoms with E-state index in [1.165, 1.54) is 16.7 Å². The van der Waals surface area contributed by atoms with Crippen LogP contribution in [0.5, 0.6) is 5.75 Å². The number of ether oxygens (including phenoxy) is 1. The highest BCUT2D eigenvalue weighted by Crippen LogP contribution is 2.36. The summed E-state index contributed by atoms with van der Waals surface area (Å²) in [4.78, 5) is 26.8. The number of aromatic nitrogens is 6. The first-order chi connectivity index (χ1) is 16.0. The van der Waals surface area contributed by atoms with Gasteiger partial charge < -0.3 is 4.74 Å². The third kappa shape index (κ3) is 2.82. The molecular formula is C23H16FN7O2. The molecule has 10 heteroatoms. The molecule has 1 aliphatic rings. The van der Waals surface area contributed by atoms with Gasteiger partial charge in [0.05, 0.1) is 41.5 Å². The van der Waals surface area contributed by atoms with E-state index in [-0.39, 0.29) is 11.7 Å². The minimum Gasteiger partial charge on any atom is -0.493 e. The van der Waals surface area contributed by atoms with Crippen LogP contribution >= 0.6 is 0 Å². The molecular weight excluding hydrogens is 425 g/mol. The average Bonchev–Trinajstić information content (AvgIpc) is 3.36. The third-order valence-corrected chi connectivity index (χ3v) is 6.01. The molecule has 0 amide bonds. The van der Waals surface area contributed by atoms with E-state index in [1.54, 1.807) is 53.0 Å². The minimum atomic E-state index is -0.395. The zero-order valence-corrected chi connectivity index (χ0v) is 17.4. The molecule has 1 atom stereocenters. The van der Waals surface area contributed by atoms with Gasteiger partial charge >= 0.3 is 5.69 Å². The number of halogens is 1. The number of imidazole rings is 2. The lowest BCUT2D eigenvalue weighted by molar-refractivity contribution is 0.254. The van der Waals surface area contributed by atoms with Gasteiger partial charge in [-0.15, -0.1) is 0 Å². The zero-order valence-electron chi connectivity index (χ0n) is 17.4. The average molecular weight is 441 g/mol. The molecule has 5 aromatic rings. The van der Waals surface area contributed by atoms with Crippen LogP contribution in [0.25, 0.3) is 28.1 Å². The van der Waals surface area contributed by atoms with E-state index in [9.17, 15) is 14.4 Å². The van der Waals surface area contributed by atoms with Crippen LogP contribution in [0.15, 0.2) is 53.7 Å². The molecule has 9 nitrogen and oxygen atoms in total. The van der Waals surface area contributed by atoms with Gasteiger partial charge in [-0.25, -0.2) is 19.2 Å². The lowest BCUT2D eigenvalue weighted by Gasteiger charge is -2.26. The Morgan fingerprint density at radius 3 is 2.91 bits per heavy atom. The molecule has 33 heavy (non-hydrogen) atoms. The van der Waals surface area contributed by atoms with E-state index in [4.69, 9.17) is 9.72 Å². The van der Waals surface area contributed by atoms with Crippen molar-refractivity contribution in [3.63, 3.8) is 0 Å². The van der Waals surface area contributed by atoms with Crippen LogP contribution in [0, 0.1) is 17.1 Å². The maximum absolute atomic E-state index is 13.8. The minimum absolute atomic E-state index is 0.249. The van der Waals surface area contributed by atoms with Crippen molar-refractivity contribution in [1.29, 1.82) is 5.26 Å². The SMILES string of the molecule is Cn1c(=O)n(C2CCOc3cc(F)ccc32)c2nc(-n3cnc4ccc(C#N)cc43)ncc21. The van der Waals surface area contributed by atoms with Gasteiger partial charge in [-0.2, -0.15) is 10.2 Å². The van der Waals surface area contributed by atoms with Gasteiger partial charge in [-0.05, 0) is 24.3 Å². The van der Waals surface area contributed by atoms with Crippen LogP contribution < -0.4 is 10.4 Å². The highest BCUT2D eigenvalue weighted by molar-refractivity contribution is 5.79. The maximum Gasteiger partial charge on any atom is 0.330 e. The predicted octanol–water partition coefficient (Wildman–Crippen LogP) is 2.85. The highest BCUT2D eigenvalue weighted by atomic mass is 19.1. The van der Waals surface area contributed by atoms with E-state index in [1.807, 2.05) is 0 Å². The third-order valence-electron chi connectivity index (χ3n) is 6.01. The van der Waals surface area contributed by atoms with E-state index >= 15 is 0 Å². The molecule has 3 aromatic heterocycles. The summed E-state index contributed by atoms with van der Waals surface area (Å²) in [6.45, 7) is 0.352.